The number of hydrogen-bond donors (Lipinski definition) is 1. The summed E-state index contributed by atoms with van der Waals surface area (Å²) in [5.74, 6) is 0. The van der Waals surface area contributed by atoms with Gasteiger partial charge in [0.2, 0.25) is 0 Å². The van der Waals surface area contributed by atoms with Crippen LogP contribution in [-0.4, -0.2) is 67.3 Å². The number of likely N-dealkylation sites (N-methyl/N-ethyl adjacent to an activating group) is 1. The summed E-state index contributed by atoms with van der Waals surface area (Å²) in [6.07, 6.45) is 0.986. The number of rotatable bonds is 5. The molecule has 4 nitrogen and oxygen atoms in total. The fraction of sp³-hybridized carbons (Fsp3) is 1.00. The lowest BCUT2D eigenvalue weighted by Gasteiger charge is -2.48. The molecule has 0 spiro atoms. The van der Waals surface area contributed by atoms with Crippen LogP contribution in [0, 0.1) is 0 Å². The lowest BCUT2D eigenvalue weighted by molar-refractivity contribution is -0.0319. The molecule has 0 amide bonds. The Hall–Kier alpha value is -0.160. The highest BCUT2D eigenvalue weighted by Gasteiger charge is 2.35. The van der Waals surface area contributed by atoms with Crippen molar-refractivity contribution in [2.24, 2.45) is 5.73 Å². The number of hydrogen-bond acceptors (Lipinski definition) is 4. The van der Waals surface area contributed by atoms with Gasteiger partial charge in [-0.15, -0.1) is 0 Å². The minimum atomic E-state index is -0.0997. The topological polar surface area (TPSA) is 41.7 Å². The molecule has 0 aromatic carbocycles. The Labute approximate surface area is 112 Å². The maximum Gasteiger partial charge on any atom is 0.0638 e. The van der Waals surface area contributed by atoms with Crippen molar-refractivity contribution in [3.63, 3.8) is 0 Å². The minimum Gasteiger partial charge on any atom is -0.379 e. The Morgan fingerprint density at radius 2 is 1.94 bits per heavy atom. The highest BCUT2D eigenvalue weighted by Crippen LogP contribution is 2.24. The van der Waals surface area contributed by atoms with Crippen molar-refractivity contribution in [2.45, 2.75) is 51.3 Å². The fourth-order valence-corrected chi connectivity index (χ4v) is 2.60. The van der Waals surface area contributed by atoms with Crippen molar-refractivity contribution >= 4 is 0 Å². The van der Waals surface area contributed by atoms with E-state index < -0.39 is 0 Å². The molecule has 1 fully saturated rings. The third-order valence-electron chi connectivity index (χ3n) is 4.41. The molecular formula is C14H31N3O. The number of methoxy groups -OCH3 is 1. The van der Waals surface area contributed by atoms with Gasteiger partial charge in [0, 0.05) is 44.9 Å². The van der Waals surface area contributed by atoms with Gasteiger partial charge in [-0.05, 0) is 41.2 Å². The predicted octanol–water partition coefficient (Wildman–Crippen LogP) is 1.15. The number of ether oxygens (including phenoxy) is 1. The molecule has 4 heteroatoms. The van der Waals surface area contributed by atoms with Gasteiger partial charge in [-0.1, -0.05) is 0 Å². The van der Waals surface area contributed by atoms with Gasteiger partial charge in [0.15, 0.2) is 0 Å². The van der Waals surface area contributed by atoms with Gasteiger partial charge in [0.05, 0.1) is 5.60 Å². The van der Waals surface area contributed by atoms with Gasteiger partial charge in [-0.25, -0.2) is 0 Å². The summed E-state index contributed by atoms with van der Waals surface area (Å²) in [5, 5.41) is 0. The van der Waals surface area contributed by atoms with Gasteiger partial charge in [-0.3, -0.25) is 9.80 Å². The van der Waals surface area contributed by atoms with E-state index in [1.54, 1.807) is 7.11 Å². The minimum absolute atomic E-state index is 0.0997. The molecule has 0 aromatic heterocycles. The number of nitrogens with zero attached hydrogens (tertiary/aromatic N) is 2. The average molecular weight is 257 g/mol. The van der Waals surface area contributed by atoms with E-state index in [4.69, 9.17) is 10.5 Å². The van der Waals surface area contributed by atoms with Crippen LogP contribution in [0.2, 0.25) is 0 Å². The van der Waals surface area contributed by atoms with E-state index in [1.165, 1.54) is 0 Å². The monoisotopic (exact) mass is 257 g/mol. The van der Waals surface area contributed by atoms with Crippen molar-refractivity contribution in [1.82, 2.24) is 9.80 Å². The van der Waals surface area contributed by atoms with Crippen molar-refractivity contribution in [3.8, 4) is 0 Å². The van der Waals surface area contributed by atoms with E-state index >= 15 is 0 Å². The standard InChI is InChI=1S/C14H31N3O/c1-13(2)11-17(8-7-16(13)5)12(10-15)9-14(3,4)18-6/h12H,7-11,15H2,1-6H3. The zero-order valence-electron chi connectivity index (χ0n) is 13.0. The highest BCUT2D eigenvalue weighted by atomic mass is 16.5. The summed E-state index contributed by atoms with van der Waals surface area (Å²) >= 11 is 0. The van der Waals surface area contributed by atoms with Crippen LogP contribution >= 0.6 is 0 Å². The van der Waals surface area contributed by atoms with Crippen molar-refractivity contribution in [1.29, 1.82) is 0 Å². The molecule has 0 bridgehead atoms. The van der Waals surface area contributed by atoms with Crippen LogP contribution in [0.25, 0.3) is 0 Å². The Bertz CT molecular complexity index is 264. The number of nitrogens with two attached hydrogens (primary N) is 1. The van der Waals surface area contributed by atoms with Crippen LogP contribution in [0.1, 0.15) is 34.1 Å². The molecule has 1 atom stereocenters. The van der Waals surface area contributed by atoms with Gasteiger partial charge in [0.1, 0.15) is 0 Å². The largest absolute Gasteiger partial charge is 0.379 e. The summed E-state index contributed by atoms with van der Waals surface area (Å²) in [6, 6.07) is 0.410. The van der Waals surface area contributed by atoms with Crippen LogP contribution in [0.3, 0.4) is 0 Å². The van der Waals surface area contributed by atoms with E-state index in [9.17, 15) is 0 Å². The van der Waals surface area contributed by atoms with Crippen LogP contribution in [0.5, 0.6) is 0 Å². The summed E-state index contributed by atoms with van der Waals surface area (Å²) < 4.78 is 5.54. The molecule has 0 saturated carbocycles. The average Bonchev–Trinajstić information content (AvgIpc) is 2.29. The lowest BCUT2D eigenvalue weighted by Crippen LogP contribution is -2.61. The van der Waals surface area contributed by atoms with E-state index in [0.29, 0.717) is 12.6 Å². The van der Waals surface area contributed by atoms with Crippen molar-refractivity contribution in [2.75, 3.05) is 40.3 Å². The Balaban J connectivity index is 2.67. The second kappa shape index (κ2) is 5.87. The zero-order chi connectivity index (χ0) is 14.0. The Morgan fingerprint density at radius 1 is 1.33 bits per heavy atom. The molecule has 2 N–H and O–H groups in total. The summed E-state index contributed by atoms with van der Waals surface area (Å²) in [7, 11) is 3.98. The van der Waals surface area contributed by atoms with Crippen LogP contribution in [0.15, 0.2) is 0 Å². The van der Waals surface area contributed by atoms with Gasteiger partial charge in [-0.2, -0.15) is 0 Å². The van der Waals surface area contributed by atoms with E-state index in [2.05, 4.69) is 44.5 Å². The molecule has 1 heterocycles. The van der Waals surface area contributed by atoms with Crippen LogP contribution in [-0.2, 0) is 4.74 Å². The van der Waals surface area contributed by atoms with Crippen LogP contribution in [0.4, 0.5) is 0 Å². The maximum absolute atomic E-state index is 5.98. The first-order chi connectivity index (χ1) is 8.22. The molecule has 0 aliphatic carbocycles. The molecule has 0 radical (unpaired) electrons. The SMILES string of the molecule is COC(C)(C)CC(CN)N1CCN(C)C(C)(C)C1. The molecule has 1 unspecified atom stereocenters. The molecule has 1 aliphatic rings. The summed E-state index contributed by atoms with van der Waals surface area (Å²) in [4.78, 5) is 4.96. The molecule has 108 valence electrons. The highest BCUT2D eigenvalue weighted by molar-refractivity contribution is 4.92. The van der Waals surface area contributed by atoms with E-state index in [1.807, 2.05) is 0 Å². The van der Waals surface area contributed by atoms with E-state index in [0.717, 1.165) is 26.1 Å². The fourth-order valence-electron chi connectivity index (χ4n) is 2.60. The third kappa shape index (κ3) is 3.92. The van der Waals surface area contributed by atoms with E-state index in [-0.39, 0.29) is 11.1 Å². The molecular weight excluding hydrogens is 226 g/mol. The number of piperazine rings is 1. The summed E-state index contributed by atoms with van der Waals surface area (Å²) in [6.45, 7) is 12.9. The predicted molar refractivity (Wildman–Crippen MR) is 76.8 cm³/mol. The second-order valence-corrected chi connectivity index (χ2v) is 6.76. The molecule has 0 aromatic rings. The lowest BCUT2D eigenvalue weighted by atomic mass is 9.93. The molecule has 1 aliphatic heterocycles. The van der Waals surface area contributed by atoms with Gasteiger partial charge < -0.3 is 10.5 Å². The zero-order valence-corrected chi connectivity index (χ0v) is 13.0. The third-order valence-corrected chi connectivity index (χ3v) is 4.41. The van der Waals surface area contributed by atoms with Gasteiger partial charge in [0.25, 0.3) is 0 Å². The normalized spacial score (nSPS) is 24.2. The Morgan fingerprint density at radius 3 is 2.39 bits per heavy atom. The first-order valence-corrected chi connectivity index (χ1v) is 6.92. The van der Waals surface area contributed by atoms with Gasteiger partial charge >= 0.3 is 0 Å². The van der Waals surface area contributed by atoms with Crippen LogP contribution < -0.4 is 5.73 Å². The molecule has 18 heavy (non-hydrogen) atoms. The maximum atomic E-state index is 5.98. The first-order valence-electron chi connectivity index (χ1n) is 6.92. The molecule has 1 saturated heterocycles. The molecule has 1 rings (SSSR count). The van der Waals surface area contributed by atoms with Crippen molar-refractivity contribution < 1.29 is 4.74 Å². The smallest absolute Gasteiger partial charge is 0.0638 e. The van der Waals surface area contributed by atoms with Crippen molar-refractivity contribution in [3.05, 3.63) is 0 Å². The first kappa shape index (κ1) is 15.9. The quantitative estimate of drug-likeness (QED) is 0.802. The Kier molecular flexibility index (Phi) is 5.18. The summed E-state index contributed by atoms with van der Waals surface area (Å²) in [5.41, 5.74) is 6.10. The second-order valence-electron chi connectivity index (χ2n) is 6.76.